The summed E-state index contributed by atoms with van der Waals surface area (Å²) >= 11 is 0. The maximum Gasteiger partial charge on any atom is 0.306 e. The van der Waals surface area contributed by atoms with Crippen LogP contribution in [0.25, 0.3) is 0 Å². The van der Waals surface area contributed by atoms with Crippen LogP contribution < -0.4 is 24.8 Å². The number of rotatable bonds is 11. The summed E-state index contributed by atoms with van der Waals surface area (Å²) in [6.45, 7) is -0.496. The lowest BCUT2D eigenvalue weighted by molar-refractivity contribution is -0.147. The fourth-order valence-corrected chi connectivity index (χ4v) is 2.99. The molecule has 0 unspecified atom stereocenters. The summed E-state index contributed by atoms with van der Waals surface area (Å²) in [7, 11) is 2.97. The Morgan fingerprint density at radius 1 is 0.714 bits per heavy atom. The number of hydrogen-bond donors (Lipinski definition) is 2. The molecule has 182 valence electrons. The van der Waals surface area contributed by atoms with E-state index in [9.17, 15) is 14.4 Å². The van der Waals surface area contributed by atoms with Crippen molar-refractivity contribution in [3.8, 4) is 23.0 Å². The maximum atomic E-state index is 12.1. The van der Waals surface area contributed by atoms with Crippen molar-refractivity contribution in [2.75, 3.05) is 31.5 Å². The standard InChI is InChI=1S/C26H26N2O7/c1-32-21-12-13-23(33-2)22(16-21)28-25(30)17-34-26(31)15-14-24(29)27-18-8-10-20(11-9-18)35-19-6-4-3-5-7-19/h3-13,16H,14-15,17H2,1-2H3,(H,27,29)(H,28,30). The van der Waals surface area contributed by atoms with Gasteiger partial charge >= 0.3 is 5.97 Å². The minimum atomic E-state index is -0.667. The molecule has 0 saturated carbocycles. The molecule has 3 aromatic rings. The SMILES string of the molecule is COc1ccc(OC)c(NC(=O)COC(=O)CCC(=O)Nc2ccc(Oc3ccccc3)cc2)c1. The molecule has 3 aromatic carbocycles. The Kier molecular flexibility index (Phi) is 9.07. The molecule has 0 aliphatic heterocycles. The number of esters is 1. The second kappa shape index (κ2) is 12.6. The molecule has 0 aliphatic rings. The molecule has 0 aliphatic carbocycles. The third-order valence-electron chi connectivity index (χ3n) is 4.72. The summed E-state index contributed by atoms with van der Waals surface area (Å²) in [4.78, 5) is 36.2. The van der Waals surface area contributed by atoms with E-state index in [1.54, 1.807) is 42.5 Å². The van der Waals surface area contributed by atoms with Gasteiger partial charge in [-0.05, 0) is 48.5 Å². The molecule has 0 bridgehead atoms. The quantitative estimate of drug-likeness (QED) is 0.393. The van der Waals surface area contributed by atoms with Gasteiger partial charge < -0.3 is 29.6 Å². The topological polar surface area (TPSA) is 112 Å². The Balaban J connectivity index is 1.39. The second-order valence-corrected chi connectivity index (χ2v) is 7.26. The Morgan fingerprint density at radius 3 is 2.09 bits per heavy atom. The van der Waals surface area contributed by atoms with Crippen LogP contribution in [0.4, 0.5) is 11.4 Å². The molecule has 0 saturated heterocycles. The molecular weight excluding hydrogens is 452 g/mol. The van der Waals surface area contributed by atoms with Crippen LogP contribution in [0.15, 0.2) is 72.8 Å². The number of carbonyl (C=O) groups is 3. The number of hydrogen-bond acceptors (Lipinski definition) is 7. The average molecular weight is 479 g/mol. The highest BCUT2D eigenvalue weighted by Gasteiger charge is 2.13. The van der Waals surface area contributed by atoms with Gasteiger partial charge in [0, 0.05) is 18.2 Å². The molecule has 9 heteroatoms. The Labute approximate surface area is 203 Å². The van der Waals surface area contributed by atoms with E-state index in [1.807, 2.05) is 30.3 Å². The summed E-state index contributed by atoms with van der Waals surface area (Å²) in [5.74, 6) is 0.724. The van der Waals surface area contributed by atoms with Crippen molar-refractivity contribution in [1.29, 1.82) is 0 Å². The highest BCUT2D eigenvalue weighted by atomic mass is 16.5. The van der Waals surface area contributed by atoms with Crippen molar-refractivity contribution in [3.63, 3.8) is 0 Å². The predicted octanol–water partition coefficient (Wildman–Crippen LogP) is 4.40. The normalized spacial score (nSPS) is 10.1. The van der Waals surface area contributed by atoms with Crippen molar-refractivity contribution in [2.24, 2.45) is 0 Å². The molecule has 3 rings (SSSR count). The van der Waals surface area contributed by atoms with E-state index in [1.165, 1.54) is 14.2 Å². The zero-order valence-electron chi connectivity index (χ0n) is 19.4. The van der Waals surface area contributed by atoms with Gasteiger partial charge in [-0.3, -0.25) is 14.4 Å². The van der Waals surface area contributed by atoms with Gasteiger partial charge in [0.25, 0.3) is 5.91 Å². The molecule has 9 nitrogen and oxygen atoms in total. The van der Waals surface area contributed by atoms with Gasteiger partial charge in [0.05, 0.1) is 26.3 Å². The zero-order valence-corrected chi connectivity index (χ0v) is 19.4. The first-order chi connectivity index (χ1) is 17.0. The van der Waals surface area contributed by atoms with E-state index in [2.05, 4.69) is 10.6 Å². The number of carbonyl (C=O) groups excluding carboxylic acids is 3. The maximum absolute atomic E-state index is 12.1. The highest BCUT2D eigenvalue weighted by molar-refractivity contribution is 5.95. The Bertz CT molecular complexity index is 1150. The summed E-state index contributed by atoms with van der Waals surface area (Å²) < 4.78 is 21.0. The van der Waals surface area contributed by atoms with Crippen LogP contribution >= 0.6 is 0 Å². The molecule has 0 heterocycles. The fourth-order valence-electron chi connectivity index (χ4n) is 2.99. The van der Waals surface area contributed by atoms with Crippen LogP contribution in [0.1, 0.15) is 12.8 Å². The Morgan fingerprint density at radius 2 is 1.40 bits per heavy atom. The number of ether oxygens (including phenoxy) is 4. The van der Waals surface area contributed by atoms with Gasteiger partial charge in [-0.1, -0.05) is 18.2 Å². The molecule has 0 radical (unpaired) electrons. The van der Waals surface area contributed by atoms with Gasteiger partial charge in [0.15, 0.2) is 6.61 Å². The summed E-state index contributed by atoms with van der Waals surface area (Å²) in [6, 6.07) is 21.1. The van der Waals surface area contributed by atoms with Gasteiger partial charge in [-0.15, -0.1) is 0 Å². The number of amides is 2. The van der Waals surface area contributed by atoms with Crippen molar-refractivity contribution in [3.05, 3.63) is 72.8 Å². The molecule has 0 spiro atoms. The van der Waals surface area contributed by atoms with Crippen molar-refractivity contribution < 1.29 is 33.3 Å². The van der Waals surface area contributed by atoms with Gasteiger partial charge in [-0.2, -0.15) is 0 Å². The number of benzene rings is 3. The van der Waals surface area contributed by atoms with E-state index in [-0.39, 0.29) is 18.7 Å². The first-order valence-electron chi connectivity index (χ1n) is 10.8. The highest BCUT2D eigenvalue weighted by Crippen LogP contribution is 2.28. The Hall–Kier alpha value is -4.53. The monoisotopic (exact) mass is 478 g/mol. The molecule has 0 atom stereocenters. The molecule has 2 N–H and O–H groups in total. The molecule has 2 amide bonds. The van der Waals surface area contributed by atoms with Gasteiger partial charge in [0.2, 0.25) is 5.91 Å². The number of methoxy groups -OCH3 is 2. The molecule has 0 fully saturated rings. The van der Waals surface area contributed by atoms with Crippen LogP contribution in [0.2, 0.25) is 0 Å². The van der Waals surface area contributed by atoms with Crippen LogP contribution in [0.5, 0.6) is 23.0 Å². The third-order valence-corrected chi connectivity index (χ3v) is 4.72. The first-order valence-corrected chi connectivity index (χ1v) is 10.8. The largest absolute Gasteiger partial charge is 0.497 e. The van der Waals surface area contributed by atoms with Gasteiger partial charge in [0.1, 0.15) is 23.0 Å². The summed E-state index contributed by atoms with van der Waals surface area (Å²) in [6.07, 6.45) is -0.261. The van der Waals surface area contributed by atoms with Crippen LogP contribution in [0.3, 0.4) is 0 Å². The lowest BCUT2D eigenvalue weighted by Crippen LogP contribution is -2.22. The van der Waals surface area contributed by atoms with Crippen molar-refractivity contribution in [2.45, 2.75) is 12.8 Å². The van der Waals surface area contributed by atoms with Gasteiger partial charge in [-0.25, -0.2) is 0 Å². The van der Waals surface area contributed by atoms with E-state index < -0.39 is 18.5 Å². The second-order valence-electron chi connectivity index (χ2n) is 7.26. The van der Waals surface area contributed by atoms with Crippen LogP contribution in [-0.2, 0) is 19.1 Å². The van der Waals surface area contributed by atoms with E-state index in [0.29, 0.717) is 34.4 Å². The lowest BCUT2D eigenvalue weighted by Gasteiger charge is -2.12. The van der Waals surface area contributed by atoms with Crippen LogP contribution in [-0.4, -0.2) is 38.6 Å². The minimum Gasteiger partial charge on any atom is -0.497 e. The van der Waals surface area contributed by atoms with E-state index in [4.69, 9.17) is 18.9 Å². The van der Waals surface area contributed by atoms with Crippen LogP contribution in [0, 0.1) is 0 Å². The average Bonchev–Trinajstić information content (AvgIpc) is 2.88. The number of anilines is 2. The number of para-hydroxylation sites is 1. The lowest BCUT2D eigenvalue weighted by atomic mass is 10.2. The fraction of sp³-hybridized carbons (Fsp3) is 0.192. The summed E-state index contributed by atoms with van der Waals surface area (Å²) in [5, 5.41) is 5.30. The van der Waals surface area contributed by atoms with E-state index in [0.717, 1.165) is 0 Å². The molecular formula is C26H26N2O7. The smallest absolute Gasteiger partial charge is 0.306 e. The van der Waals surface area contributed by atoms with Crippen molar-refractivity contribution in [1.82, 2.24) is 0 Å². The van der Waals surface area contributed by atoms with E-state index >= 15 is 0 Å². The number of nitrogens with one attached hydrogen (secondary N) is 2. The van der Waals surface area contributed by atoms with Crippen molar-refractivity contribution >= 4 is 29.2 Å². The summed E-state index contributed by atoms with van der Waals surface area (Å²) in [5.41, 5.74) is 0.947. The molecule has 35 heavy (non-hydrogen) atoms. The predicted molar refractivity (Wildman–Crippen MR) is 130 cm³/mol. The minimum absolute atomic E-state index is 0.0908. The first kappa shape index (κ1) is 25.1. The zero-order chi connectivity index (χ0) is 25.0. The molecule has 0 aromatic heterocycles. The third kappa shape index (κ3) is 8.08.